The minimum atomic E-state index is -0.549. The molecule has 7 heteroatoms. The number of piperidine rings is 1. The molecule has 2 rings (SSSR count). The van der Waals surface area contributed by atoms with Gasteiger partial charge >= 0.3 is 5.97 Å². The molecule has 0 spiro atoms. The summed E-state index contributed by atoms with van der Waals surface area (Å²) in [7, 11) is 0. The van der Waals surface area contributed by atoms with Gasteiger partial charge in [-0.3, -0.25) is 9.69 Å². The van der Waals surface area contributed by atoms with E-state index in [1.54, 1.807) is 6.07 Å². The molecule has 1 aromatic rings. The van der Waals surface area contributed by atoms with Gasteiger partial charge in [0, 0.05) is 11.8 Å². The number of hydrogen-bond acceptors (Lipinski definition) is 5. The maximum Gasteiger partial charge on any atom is 0.341 e. The first kappa shape index (κ1) is 21.3. The number of phenolic OH excluding ortho intramolecular Hbond substituents is 1. The normalized spacial score (nSPS) is 14.4. The van der Waals surface area contributed by atoms with Gasteiger partial charge < -0.3 is 15.2 Å². The first-order valence-electron chi connectivity index (χ1n) is 8.62. The number of likely N-dealkylation sites (tertiary alicyclic amines) is 1. The first-order chi connectivity index (χ1) is 11.6. The first-order valence-corrected chi connectivity index (χ1v) is 8.62. The van der Waals surface area contributed by atoms with E-state index in [1.165, 1.54) is 18.6 Å². The summed E-state index contributed by atoms with van der Waals surface area (Å²) >= 11 is 0. The highest BCUT2D eigenvalue weighted by atomic mass is 35.5. The van der Waals surface area contributed by atoms with Crippen molar-refractivity contribution in [1.82, 2.24) is 4.90 Å². The van der Waals surface area contributed by atoms with Crippen molar-refractivity contribution in [1.29, 1.82) is 0 Å². The maximum atomic E-state index is 12.1. The van der Waals surface area contributed by atoms with Crippen molar-refractivity contribution in [3.05, 3.63) is 23.8 Å². The maximum absolute atomic E-state index is 12.1. The van der Waals surface area contributed by atoms with Crippen molar-refractivity contribution in [2.45, 2.75) is 39.0 Å². The Bertz CT molecular complexity index is 574. The molecule has 1 amide bonds. The number of nitrogens with zero attached hydrogens (tertiary/aromatic N) is 1. The molecule has 1 fully saturated rings. The largest absolute Gasteiger partial charge is 0.507 e. The van der Waals surface area contributed by atoms with Crippen LogP contribution in [0, 0.1) is 0 Å². The summed E-state index contributed by atoms with van der Waals surface area (Å²) in [5.74, 6) is -0.853. The number of amides is 1. The predicted octanol–water partition coefficient (Wildman–Crippen LogP) is 3.20. The van der Waals surface area contributed by atoms with Gasteiger partial charge in [-0.1, -0.05) is 19.8 Å². The molecule has 2 N–H and O–H groups in total. The van der Waals surface area contributed by atoms with Crippen LogP contribution < -0.4 is 5.32 Å². The molecule has 0 atom stereocenters. The molecule has 140 valence electrons. The number of esters is 1. The average molecular weight is 371 g/mol. The smallest absolute Gasteiger partial charge is 0.341 e. The number of halogens is 1. The Labute approximate surface area is 154 Å². The van der Waals surface area contributed by atoms with E-state index in [-0.39, 0.29) is 29.6 Å². The highest BCUT2D eigenvalue weighted by molar-refractivity contribution is 5.95. The van der Waals surface area contributed by atoms with Crippen molar-refractivity contribution in [3.63, 3.8) is 0 Å². The van der Waals surface area contributed by atoms with Gasteiger partial charge in [-0.15, -0.1) is 12.4 Å². The van der Waals surface area contributed by atoms with Gasteiger partial charge in [0.25, 0.3) is 0 Å². The Morgan fingerprint density at radius 2 is 1.96 bits per heavy atom. The number of anilines is 1. The van der Waals surface area contributed by atoms with Crippen LogP contribution in [0.4, 0.5) is 5.69 Å². The molecular weight excluding hydrogens is 344 g/mol. The van der Waals surface area contributed by atoms with Crippen LogP contribution in [0.15, 0.2) is 18.2 Å². The number of aromatic hydroxyl groups is 1. The van der Waals surface area contributed by atoms with E-state index in [0.717, 1.165) is 38.8 Å². The zero-order valence-corrected chi connectivity index (χ0v) is 15.4. The second-order valence-electron chi connectivity index (χ2n) is 6.11. The molecule has 25 heavy (non-hydrogen) atoms. The van der Waals surface area contributed by atoms with Crippen LogP contribution in [-0.2, 0) is 9.53 Å². The summed E-state index contributed by atoms with van der Waals surface area (Å²) in [5.41, 5.74) is 0.583. The molecule has 0 aliphatic carbocycles. The summed E-state index contributed by atoms with van der Waals surface area (Å²) < 4.78 is 5.08. The van der Waals surface area contributed by atoms with Crippen molar-refractivity contribution in [3.8, 4) is 5.75 Å². The highest BCUT2D eigenvalue weighted by Gasteiger charge is 2.16. The Morgan fingerprint density at radius 1 is 1.24 bits per heavy atom. The number of carbonyl (C=O) groups excluding carboxylic acids is 2. The molecule has 1 aliphatic rings. The van der Waals surface area contributed by atoms with E-state index in [4.69, 9.17) is 4.74 Å². The molecule has 0 bridgehead atoms. The van der Waals surface area contributed by atoms with Gasteiger partial charge in [-0.25, -0.2) is 4.79 Å². The quantitative estimate of drug-likeness (QED) is 0.569. The lowest BCUT2D eigenvalue weighted by Gasteiger charge is -2.25. The molecule has 0 aromatic heterocycles. The van der Waals surface area contributed by atoms with Crippen LogP contribution in [0.2, 0.25) is 0 Å². The predicted molar refractivity (Wildman–Crippen MR) is 99.5 cm³/mol. The summed E-state index contributed by atoms with van der Waals surface area (Å²) in [6, 6.07) is 4.45. The van der Waals surface area contributed by atoms with Gasteiger partial charge in [0.1, 0.15) is 11.3 Å². The van der Waals surface area contributed by atoms with Crippen LogP contribution in [0.5, 0.6) is 5.75 Å². The molecule has 6 nitrogen and oxygen atoms in total. The van der Waals surface area contributed by atoms with Gasteiger partial charge in [0.05, 0.1) is 13.2 Å². The fraction of sp³-hybridized carbons (Fsp3) is 0.556. The lowest BCUT2D eigenvalue weighted by molar-refractivity contribution is -0.117. The number of hydrogen-bond donors (Lipinski definition) is 2. The lowest BCUT2D eigenvalue weighted by atomic mass is 10.1. The zero-order valence-electron chi connectivity index (χ0n) is 14.6. The Balaban J connectivity index is 0.00000312. The van der Waals surface area contributed by atoms with Crippen LogP contribution in [-0.4, -0.2) is 48.1 Å². The Kier molecular flexibility index (Phi) is 9.31. The monoisotopic (exact) mass is 370 g/mol. The zero-order chi connectivity index (χ0) is 17.4. The molecule has 1 saturated heterocycles. The highest BCUT2D eigenvalue weighted by Crippen LogP contribution is 2.23. The standard InChI is InChI=1S/C18H26N2O4.ClH/c1-2-3-11-24-18(23)15-8-7-14(12-16(15)21)19-17(22)13-20-9-5-4-6-10-20;/h7-8,12,21H,2-6,9-11,13H2,1H3,(H,19,22);1H. The minimum Gasteiger partial charge on any atom is -0.507 e. The van der Waals surface area contributed by atoms with Crippen molar-refractivity contribution in [2.24, 2.45) is 0 Å². The molecule has 1 aromatic carbocycles. The third-order valence-electron chi connectivity index (χ3n) is 4.05. The van der Waals surface area contributed by atoms with Crippen molar-refractivity contribution < 1.29 is 19.4 Å². The summed E-state index contributed by atoms with van der Waals surface area (Å²) in [6.45, 7) is 4.58. The van der Waals surface area contributed by atoms with Crippen LogP contribution in [0.1, 0.15) is 49.4 Å². The van der Waals surface area contributed by atoms with Crippen LogP contribution in [0.3, 0.4) is 0 Å². The molecule has 0 saturated carbocycles. The fourth-order valence-corrected chi connectivity index (χ4v) is 2.69. The van der Waals surface area contributed by atoms with Gasteiger partial charge in [-0.05, 0) is 44.5 Å². The number of phenols is 1. The second kappa shape index (κ2) is 10.9. The van der Waals surface area contributed by atoms with Gasteiger partial charge in [0.2, 0.25) is 5.91 Å². The number of carbonyl (C=O) groups is 2. The van der Waals surface area contributed by atoms with Crippen LogP contribution >= 0.6 is 12.4 Å². The summed E-state index contributed by atoms with van der Waals surface area (Å²) in [4.78, 5) is 26.0. The van der Waals surface area contributed by atoms with E-state index in [9.17, 15) is 14.7 Å². The van der Waals surface area contributed by atoms with E-state index < -0.39 is 5.97 Å². The van der Waals surface area contributed by atoms with Gasteiger partial charge in [-0.2, -0.15) is 0 Å². The SMILES string of the molecule is CCCCOC(=O)c1ccc(NC(=O)CN2CCCCC2)cc1O.Cl. The number of ether oxygens (including phenoxy) is 1. The molecule has 1 heterocycles. The molecular formula is C18H27ClN2O4. The Morgan fingerprint density at radius 3 is 2.60 bits per heavy atom. The molecule has 0 radical (unpaired) electrons. The van der Waals surface area contributed by atoms with E-state index in [2.05, 4.69) is 10.2 Å². The van der Waals surface area contributed by atoms with Crippen LogP contribution in [0.25, 0.3) is 0 Å². The van der Waals surface area contributed by atoms with Gasteiger partial charge in [0.15, 0.2) is 0 Å². The van der Waals surface area contributed by atoms with E-state index in [0.29, 0.717) is 18.8 Å². The number of nitrogens with one attached hydrogen (secondary N) is 1. The number of rotatable bonds is 7. The minimum absolute atomic E-state index is 0. The lowest BCUT2D eigenvalue weighted by Crippen LogP contribution is -2.36. The molecule has 0 unspecified atom stereocenters. The third-order valence-corrected chi connectivity index (χ3v) is 4.05. The van der Waals surface area contributed by atoms with Crippen molar-refractivity contribution >= 4 is 30.0 Å². The third kappa shape index (κ3) is 6.92. The number of benzene rings is 1. The summed E-state index contributed by atoms with van der Waals surface area (Å²) in [6.07, 6.45) is 5.20. The van der Waals surface area contributed by atoms with E-state index >= 15 is 0 Å². The number of unbranched alkanes of at least 4 members (excludes halogenated alkanes) is 1. The topological polar surface area (TPSA) is 78.9 Å². The van der Waals surface area contributed by atoms with Crippen molar-refractivity contribution in [2.75, 3.05) is 31.6 Å². The molecule has 1 aliphatic heterocycles. The fourth-order valence-electron chi connectivity index (χ4n) is 2.69. The van der Waals surface area contributed by atoms with E-state index in [1.807, 2.05) is 6.92 Å². The summed E-state index contributed by atoms with van der Waals surface area (Å²) in [5, 5.41) is 12.7. The average Bonchev–Trinajstić information content (AvgIpc) is 2.56. The second-order valence-corrected chi connectivity index (χ2v) is 6.11. The Hall–Kier alpha value is -1.79.